The second-order valence-electron chi connectivity index (χ2n) is 5.88. The standard InChI is InChI=1S/C15H23N3O2/c1-11-3-2-4-12(9-11)7-8-17-13-5-6-15(18(19)20)14(16)10-13/h5-6,10-12,17H,2-4,7-9,16H2,1H3. The SMILES string of the molecule is CC1CCCC(CCNc2ccc([N+](=O)[O-])c(N)c2)C1. The molecule has 3 N–H and O–H groups in total. The van der Waals surface area contributed by atoms with Crippen LogP contribution in [0.25, 0.3) is 0 Å². The third-order valence-corrected chi connectivity index (χ3v) is 4.15. The number of nitro groups is 1. The van der Waals surface area contributed by atoms with Gasteiger partial charge >= 0.3 is 0 Å². The summed E-state index contributed by atoms with van der Waals surface area (Å²) in [4.78, 5) is 10.2. The summed E-state index contributed by atoms with van der Waals surface area (Å²) in [6.45, 7) is 3.23. The molecule has 1 aromatic rings. The van der Waals surface area contributed by atoms with Crippen molar-refractivity contribution in [3.63, 3.8) is 0 Å². The minimum Gasteiger partial charge on any atom is -0.393 e. The molecule has 1 aliphatic carbocycles. The van der Waals surface area contributed by atoms with Gasteiger partial charge in [-0.3, -0.25) is 10.1 Å². The van der Waals surface area contributed by atoms with Crippen molar-refractivity contribution >= 4 is 17.1 Å². The minimum atomic E-state index is -0.456. The van der Waals surface area contributed by atoms with E-state index in [9.17, 15) is 10.1 Å². The maximum atomic E-state index is 10.7. The summed E-state index contributed by atoms with van der Waals surface area (Å²) in [5.74, 6) is 1.66. The van der Waals surface area contributed by atoms with Crippen LogP contribution in [-0.4, -0.2) is 11.5 Å². The lowest BCUT2D eigenvalue weighted by atomic mass is 9.81. The largest absolute Gasteiger partial charge is 0.393 e. The zero-order chi connectivity index (χ0) is 14.5. The first-order chi connectivity index (χ1) is 9.56. The Balaban J connectivity index is 1.82. The van der Waals surface area contributed by atoms with Crippen molar-refractivity contribution in [2.75, 3.05) is 17.6 Å². The Morgan fingerprint density at radius 2 is 2.25 bits per heavy atom. The molecule has 0 heterocycles. The van der Waals surface area contributed by atoms with Crippen LogP contribution in [0, 0.1) is 22.0 Å². The molecule has 0 aromatic heterocycles. The van der Waals surface area contributed by atoms with E-state index in [1.165, 1.54) is 31.7 Å². The highest BCUT2D eigenvalue weighted by molar-refractivity contribution is 5.65. The minimum absolute atomic E-state index is 0.0309. The van der Waals surface area contributed by atoms with E-state index < -0.39 is 4.92 Å². The smallest absolute Gasteiger partial charge is 0.292 e. The van der Waals surface area contributed by atoms with Crippen molar-refractivity contribution < 1.29 is 4.92 Å². The van der Waals surface area contributed by atoms with E-state index in [1.54, 1.807) is 12.1 Å². The van der Waals surface area contributed by atoms with Gasteiger partial charge in [0.1, 0.15) is 5.69 Å². The van der Waals surface area contributed by atoms with Crippen LogP contribution in [0.5, 0.6) is 0 Å². The molecule has 0 aliphatic heterocycles. The van der Waals surface area contributed by atoms with Crippen LogP contribution in [0.3, 0.4) is 0 Å². The van der Waals surface area contributed by atoms with Crippen molar-refractivity contribution in [3.8, 4) is 0 Å². The molecule has 110 valence electrons. The second kappa shape index (κ2) is 6.59. The molecule has 2 rings (SSSR count). The summed E-state index contributed by atoms with van der Waals surface area (Å²) in [6, 6.07) is 4.82. The molecular formula is C15H23N3O2. The van der Waals surface area contributed by atoms with Gasteiger partial charge in [0.25, 0.3) is 5.69 Å². The van der Waals surface area contributed by atoms with E-state index in [2.05, 4.69) is 12.2 Å². The molecule has 2 atom stereocenters. The Morgan fingerprint density at radius 1 is 1.45 bits per heavy atom. The summed E-state index contributed by atoms with van der Waals surface area (Å²) in [7, 11) is 0. The molecule has 0 spiro atoms. The topological polar surface area (TPSA) is 81.2 Å². The van der Waals surface area contributed by atoms with E-state index in [0.717, 1.165) is 30.5 Å². The molecule has 2 unspecified atom stereocenters. The predicted octanol–water partition coefficient (Wildman–Crippen LogP) is 3.81. The zero-order valence-corrected chi connectivity index (χ0v) is 12.0. The van der Waals surface area contributed by atoms with Crippen molar-refractivity contribution in [2.24, 2.45) is 11.8 Å². The first kappa shape index (κ1) is 14.6. The average molecular weight is 277 g/mol. The summed E-state index contributed by atoms with van der Waals surface area (Å²) >= 11 is 0. The van der Waals surface area contributed by atoms with Crippen LogP contribution in [0.1, 0.15) is 39.0 Å². The molecule has 1 aliphatic rings. The normalized spacial score (nSPS) is 22.4. The van der Waals surface area contributed by atoms with Gasteiger partial charge in [-0.1, -0.05) is 26.2 Å². The van der Waals surface area contributed by atoms with E-state index in [1.807, 2.05) is 0 Å². The van der Waals surface area contributed by atoms with Crippen molar-refractivity contribution in [1.82, 2.24) is 0 Å². The van der Waals surface area contributed by atoms with Crippen LogP contribution in [0.4, 0.5) is 17.1 Å². The molecule has 1 fully saturated rings. The molecule has 1 aromatic carbocycles. The summed E-state index contributed by atoms with van der Waals surface area (Å²) in [6.07, 6.45) is 6.51. The number of hydrogen-bond acceptors (Lipinski definition) is 4. The molecule has 0 radical (unpaired) electrons. The summed E-state index contributed by atoms with van der Waals surface area (Å²) in [5, 5.41) is 14.0. The lowest BCUT2D eigenvalue weighted by Crippen LogP contribution is -2.16. The van der Waals surface area contributed by atoms with Gasteiger partial charge in [-0.05, 0) is 36.8 Å². The maximum Gasteiger partial charge on any atom is 0.292 e. The number of hydrogen-bond donors (Lipinski definition) is 2. The van der Waals surface area contributed by atoms with Gasteiger partial charge in [-0.2, -0.15) is 0 Å². The number of nitrogen functional groups attached to an aromatic ring is 1. The number of nitrogens with zero attached hydrogens (tertiary/aromatic N) is 1. The van der Waals surface area contributed by atoms with E-state index in [-0.39, 0.29) is 11.4 Å². The molecule has 0 bridgehead atoms. The van der Waals surface area contributed by atoms with Crippen LogP contribution >= 0.6 is 0 Å². The van der Waals surface area contributed by atoms with Crippen LogP contribution < -0.4 is 11.1 Å². The molecule has 0 saturated heterocycles. The molecule has 5 nitrogen and oxygen atoms in total. The van der Waals surface area contributed by atoms with Gasteiger partial charge in [0, 0.05) is 18.3 Å². The van der Waals surface area contributed by atoms with Gasteiger partial charge in [-0.15, -0.1) is 0 Å². The molecular weight excluding hydrogens is 254 g/mol. The predicted molar refractivity (Wildman–Crippen MR) is 81.7 cm³/mol. The Morgan fingerprint density at radius 3 is 2.90 bits per heavy atom. The number of rotatable bonds is 5. The van der Waals surface area contributed by atoms with Crippen LogP contribution in [0.2, 0.25) is 0 Å². The highest BCUT2D eigenvalue weighted by Crippen LogP contribution is 2.31. The molecule has 5 heteroatoms. The Hall–Kier alpha value is -1.78. The summed E-state index contributed by atoms with van der Waals surface area (Å²) in [5.41, 5.74) is 6.71. The molecule has 20 heavy (non-hydrogen) atoms. The Kier molecular flexibility index (Phi) is 4.82. The highest BCUT2D eigenvalue weighted by atomic mass is 16.6. The van der Waals surface area contributed by atoms with Gasteiger partial charge in [0.2, 0.25) is 0 Å². The fourth-order valence-corrected chi connectivity index (χ4v) is 3.07. The monoisotopic (exact) mass is 277 g/mol. The lowest BCUT2D eigenvalue weighted by Gasteiger charge is -2.26. The van der Waals surface area contributed by atoms with E-state index in [4.69, 9.17) is 5.73 Å². The fourth-order valence-electron chi connectivity index (χ4n) is 3.07. The van der Waals surface area contributed by atoms with Gasteiger partial charge in [0.05, 0.1) is 4.92 Å². The molecule has 0 amide bonds. The quantitative estimate of drug-likeness (QED) is 0.487. The van der Waals surface area contributed by atoms with Crippen LogP contribution in [0.15, 0.2) is 18.2 Å². The average Bonchev–Trinajstić information content (AvgIpc) is 2.38. The highest BCUT2D eigenvalue weighted by Gasteiger charge is 2.18. The summed E-state index contributed by atoms with van der Waals surface area (Å²) < 4.78 is 0. The van der Waals surface area contributed by atoms with Crippen molar-refractivity contribution in [2.45, 2.75) is 39.0 Å². The zero-order valence-electron chi connectivity index (χ0n) is 12.0. The Labute approximate surface area is 119 Å². The van der Waals surface area contributed by atoms with Crippen molar-refractivity contribution in [1.29, 1.82) is 0 Å². The maximum absolute atomic E-state index is 10.7. The van der Waals surface area contributed by atoms with E-state index in [0.29, 0.717) is 0 Å². The molecule has 1 saturated carbocycles. The van der Waals surface area contributed by atoms with Gasteiger partial charge in [-0.25, -0.2) is 0 Å². The first-order valence-corrected chi connectivity index (χ1v) is 7.34. The number of benzene rings is 1. The Bertz CT molecular complexity index is 476. The second-order valence-corrected chi connectivity index (χ2v) is 5.88. The van der Waals surface area contributed by atoms with Crippen LogP contribution in [-0.2, 0) is 0 Å². The first-order valence-electron chi connectivity index (χ1n) is 7.34. The fraction of sp³-hybridized carbons (Fsp3) is 0.600. The third kappa shape index (κ3) is 3.85. The number of nitro benzene ring substituents is 1. The lowest BCUT2D eigenvalue weighted by molar-refractivity contribution is -0.383. The number of nitrogens with two attached hydrogens (primary N) is 1. The van der Waals surface area contributed by atoms with Gasteiger partial charge < -0.3 is 11.1 Å². The number of nitrogens with one attached hydrogen (secondary N) is 1. The third-order valence-electron chi connectivity index (χ3n) is 4.15. The van der Waals surface area contributed by atoms with Crippen molar-refractivity contribution in [3.05, 3.63) is 28.3 Å². The number of anilines is 2. The van der Waals surface area contributed by atoms with E-state index >= 15 is 0 Å². The van der Waals surface area contributed by atoms with Gasteiger partial charge in [0.15, 0.2) is 0 Å².